The molecule has 1 amide bonds. The fourth-order valence-corrected chi connectivity index (χ4v) is 4.32. The third-order valence-corrected chi connectivity index (χ3v) is 5.89. The van der Waals surface area contributed by atoms with Crippen LogP contribution in [0.4, 0.5) is 0 Å². The van der Waals surface area contributed by atoms with Gasteiger partial charge in [-0.2, -0.15) is 0 Å². The molecule has 6 nitrogen and oxygen atoms in total. The zero-order valence-electron chi connectivity index (χ0n) is 16.0. The molecule has 2 aliphatic heterocycles. The van der Waals surface area contributed by atoms with Crippen LogP contribution in [-0.2, 0) is 4.79 Å². The molecule has 2 aromatic carbocycles. The first-order valence-corrected chi connectivity index (χ1v) is 10.9. The molecular formula is C22H17ClN4O2S. The number of rotatable bonds is 3. The van der Waals surface area contributed by atoms with Crippen LogP contribution in [0.5, 0.6) is 0 Å². The van der Waals surface area contributed by atoms with Crippen LogP contribution < -0.4 is 15.9 Å². The highest BCUT2D eigenvalue weighted by atomic mass is 35.5. The van der Waals surface area contributed by atoms with Crippen molar-refractivity contribution in [1.29, 1.82) is 0 Å². The van der Waals surface area contributed by atoms with Crippen molar-refractivity contribution in [3.8, 4) is 11.3 Å². The summed E-state index contributed by atoms with van der Waals surface area (Å²) >= 11 is 7.80. The summed E-state index contributed by atoms with van der Waals surface area (Å²) in [6.07, 6.45) is -0.593. The summed E-state index contributed by atoms with van der Waals surface area (Å²) in [5.74, 6) is 1.81. The Balaban J connectivity index is 1.66. The van der Waals surface area contributed by atoms with Crippen molar-refractivity contribution in [2.24, 2.45) is 10.1 Å². The SMILES string of the molecule is CCSC1=NN2C(=c3ccccc3=N[C@H]2c2ccc(-c3ccccc3Cl)o2)C(=O)N1. The fraction of sp³-hybridized carbons (Fsp3) is 0.136. The average molecular weight is 437 g/mol. The number of nitrogens with one attached hydrogen (secondary N) is 1. The van der Waals surface area contributed by atoms with Gasteiger partial charge in [0.25, 0.3) is 5.91 Å². The van der Waals surface area contributed by atoms with Gasteiger partial charge in [-0.3, -0.25) is 10.1 Å². The Labute approximate surface area is 181 Å². The van der Waals surface area contributed by atoms with Gasteiger partial charge in [-0.15, -0.1) is 5.10 Å². The van der Waals surface area contributed by atoms with E-state index in [9.17, 15) is 4.79 Å². The molecule has 3 heterocycles. The highest BCUT2D eigenvalue weighted by Gasteiger charge is 2.35. The lowest BCUT2D eigenvalue weighted by Crippen LogP contribution is -2.50. The van der Waals surface area contributed by atoms with Crippen molar-refractivity contribution in [3.05, 3.63) is 82.0 Å². The average Bonchev–Trinajstić information content (AvgIpc) is 3.23. The Morgan fingerprint density at radius 1 is 1.13 bits per heavy atom. The van der Waals surface area contributed by atoms with Gasteiger partial charge in [-0.25, -0.2) is 10.0 Å². The summed E-state index contributed by atoms with van der Waals surface area (Å²) < 4.78 is 6.14. The molecule has 0 aliphatic carbocycles. The fourth-order valence-electron chi connectivity index (χ4n) is 3.51. The van der Waals surface area contributed by atoms with Crippen LogP contribution in [0.1, 0.15) is 18.8 Å². The number of carbonyl (C=O) groups excluding carboxylic acids is 1. The van der Waals surface area contributed by atoms with Gasteiger partial charge in [0.05, 0.1) is 10.4 Å². The Kier molecular flexibility index (Phi) is 4.84. The molecule has 3 aromatic rings. The number of para-hydroxylation sites is 1. The molecular weight excluding hydrogens is 420 g/mol. The second-order valence-electron chi connectivity index (χ2n) is 6.69. The van der Waals surface area contributed by atoms with Crippen LogP contribution >= 0.6 is 23.4 Å². The molecule has 0 fully saturated rings. The van der Waals surface area contributed by atoms with Gasteiger partial charge in [0, 0.05) is 10.8 Å². The number of hydrogen-bond donors (Lipinski definition) is 1. The summed E-state index contributed by atoms with van der Waals surface area (Å²) in [7, 11) is 0. The Bertz CT molecular complexity index is 1300. The first-order chi connectivity index (χ1) is 14.7. The topological polar surface area (TPSA) is 70.2 Å². The first-order valence-electron chi connectivity index (χ1n) is 9.49. The Hall–Kier alpha value is -3.03. The van der Waals surface area contributed by atoms with Gasteiger partial charge in [-0.1, -0.05) is 60.6 Å². The molecule has 2 aliphatic rings. The molecule has 0 saturated heterocycles. The minimum Gasteiger partial charge on any atom is -0.457 e. The monoisotopic (exact) mass is 436 g/mol. The molecule has 30 heavy (non-hydrogen) atoms. The van der Waals surface area contributed by atoms with Crippen molar-refractivity contribution in [2.75, 3.05) is 5.75 Å². The molecule has 0 spiro atoms. The molecule has 1 aromatic heterocycles. The second kappa shape index (κ2) is 7.66. The van der Waals surface area contributed by atoms with Crippen molar-refractivity contribution < 1.29 is 9.21 Å². The number of hydrazone groups is 1. The predicted octanol–water partition coefficient (Wildman–Crippen LogP) is 3.50. The lowest BCUT2D eigenvalue weighted by molar-refractivity contribution is -0.116. The number of furan rings is 1. The number of thioether (sulfide) groups is 1. The number of benzene rings is 2. The largest absolute Gasteiger partial charge is 0.457 e. The van der Waals surface area contributed by atoms with Gasteiger partial charge in [0.2, 0.25) is 6.17 Å². The summed E-state index contributed by atoms with van der Waals surface area (Å²) in [5.41, 5.74) is 1.26. The number of halogens is 1. The van der Waals surface area contributed by atoms with E-state index in [0.717, 1.165) is 21.9 Å². The standard InChI is InChI=1S/C22H17ClN4O2S/c1-2-30-22-25-21(28)19-14-8-4-6-10-16(14)24-20(27(19)26-22)18-12-11-17(29-18)13-7-3-5-9-15(13)23/h3-12,20H,2H2,1H3,(H,25,26,28)/t20-/m1/s1. The van der Waals surface area contributed by atoms with Crippen LogP contribution in [0, 0.1) is 0 Å². The number of hydrogen-bond acceptors (Lipinski definition) is 6. The second-order valence-corrected chi connectivity index (χ2v) is 8.35. The number of amides is 1. The maximum Gasteiger partial charge on any atom is 0.276 e. The summed E-state index contributed by atoms with van der Waals surface area (Å²) in [5, 5.41) is 11.8. The highest BCUT2D eigenvalue weighted by molar-refractivity contribution is 8.13. The predicted molar refractivity (Wildman–Crippen MR) is 118 cm³/mol. The lowest BCUT2D eigenvalue weighted by Gasteiger charge is -2.32. The number of nitrogens with zero attached hydrogens (tertiary/aromatic N) is 3. The number of fused-ring (bicyclic) bond motifs is 2. The van der Waals surface area contributed by atoms with Crippen molar-refractivity contribution in [1.82, 2.24) is 10.3 Å². The van der Waals surface area contributed by atoms with E-state index in [-0.39, 0.29) is 5.91 Å². The molecule has 0 radical (unpaired) electrons. The maximum absolute atomic E-state index is 13.0. The van der Waals surface area contributed by atoms with E-state index in [2.05, 4.69) is 10.4 Å². The Morgan fingerprint density at radius 3 is 2.77 bits per heavy atom. The minimum absolute atomic E-state index is 0.203. The molecule has 1 atom stereocenters. The third kappa shape index (κ3) is 3.20. The summed E-state index contributed by atoms with van der Waals surface area (Å²) in [6, 6.07) is 18.8. The van der Waals surface area contributed by atoms with Gasteiger partial charge >= 0.3 is 0 Å². The maximum atomic E-state index is 13.0. The minimum atomic E-state index is -0.593. The van der Waals surface area contributed by atoms with Gasteiger partial charge in [-0.05, 0) is 36.1 Å². The van der Waals surface area contributed by atoms with Crippen LogP contribution in [0.25, 0.3) is 17.0 Å². The third-order valence-electron chi connectivity index (χ3n) is 4.82. The lowest BCUT2D eigenvalue weighted by atomic mass is 10.1. The molecule has 0 unspecified atom stereocenters. The summed E-state index contributed by atoms with van der Waals surface area (Å²) in [4.78, 5) is 17.8. The number of carbonyl (C=O) groups is 1. The van der Waals surface area contributed by atoms with Crippen LogP contribution in [0.15, 0.2) is 75.2 Å². The van der Waals surface area contributed by atoms with E-state index in [4.69, 9.17) is 21.0 Å². The van der Waals surface area contributed by atoms with E-state index < -0.39 is 6.17 Å². The molecule has 0 saturated carbocycles. The quantitative estimate of drug-likeness (QED) is 0.682. The van der Waals surface area contributed by atoms with Crippen molar-refractivity contribution in [2.45, 2.75) is 13.1 Å². The molecule has 150 valence electrons. The van der Waals surface area contributed by atoms with E-state index in [1.54, 1.807) is 5.01 Å². The number of amidine groups is 1. The normalized spacial score (nSPS) is 17.6. The van der Waals surface area contributed by atoms with E-state index in [0.29, 0.717) is 27.4 Å². The van der Waals surface area contributed by atoms with Crippen LogP contribution in [0.3, 0.4) is 0 Å². The van der Waals surface area contributed by atoms with Gasteiger partial charge in [0.15, 0.2) is 10.9 Å². The van der Waals surface area contributed by atoms with E-state index >= 15 is 0 Å². The van der Waals surface area contributed by atoms with Gasteiger partial charge in [0.1, 0.15) is 11.5 Å². The highest BCUT2D eigenvalue weighted by Crippen LogP contribution is 2.35. The molecule has 5 rings (SSSR count). The van der Waals surface area contributed by atoms with Crippen LogP contribution in [-0.4, -0.2) is 21.8 Å². The smallest absolute Gasteiger partial charge is 0.276 e. The Morgan fingerprint density at radius 2 is 1.93 bits per heavy atom. The summed E-state index contributed by atoms with van der Waals surface area (Å²) in [6.45, 7) is 2.01. The van der Waals surface area contributed by atoms with Crippen molar-refractivity contribution >= 4 is 40.1 Å². The first kappa shape index (κ1) is 19.0. The molecule has 1 N–H and O–H groups in total. The van der Waals surface area contributed by atoms with Gasteiger partial charge < -0.3 is 4.42 Å². The van der Waals surface area contributed by atoms with E-state index in [1.807, 2.05) is 67.6 Å². The molecule has 0 bridgehead atoms. The molecule has 8 heteroatoms. The van der Waals surface area contributed by atoms with Crippen molar-refractivity contribution in [3.63, 3.8) is 0 Å². The van der Waals surface area contributed by atoms with Crippen LogP contribution in [0.2, 0.25) is 5.02 Å². The zero-order valence-corrected chi connectivity index (χ0v) is 17.6. The zero-order chi connectivity index (χ0) is 20.7. The van der Waals surface area contributed by atoms with E-state index in [1.165, 1.54) is 11.8 Å².